The molecule has 8 heteroatoms. The maximum absolute atomic E-state index is 14.6. The Hall–Kier alpha value is -2.29. The highest BCUT2D eigenvalue weighted by Gasteiger charge is 2.39. The molecule has 0 spiro atoms. The minimum absolute atomic E-state index is 0.106. The summed E-state index contributed by atoms with van der Waals surface area (Å²) in [4.78, 5) is 19.8. The van der Waals surface area contributed by atoms with Crippen molar-refractivity contribution in [2.75, 3.05) is 40.0 Å². The molecule has 1 amide bonds. The lowest BCUT2D eigenvalue weighted by Gasteiger charge is -2.40. The molecule has 2 unspecified atom stereocenters. The first kappa shape index (κ1) is 26.3. The Morgan fingerprint density at radius 2 is 1.97 bits per heavy atom. The Bertz CT molecular complexity index is 907. The van der Waals surface area contributed by atoms with Gasteiger partial charge in [0.15, 0.2) is 0 Å². The van der Waals surface area contributed by atoms with Crippen LogP contribution in [0.15, 0.2) is 36.5 Å². The number of methoxy groups -OCH3 is 1. The first-order valence-electron chi connectivity index (χ1n) is 12.1. The third kappa shape index (κ3) is 6.64. The fraction of sp³-hybridized carbons (Fsp3) is 0.615. The van der Waals surface area contributed by atoms with Crippen LogP contribution in [0.25, 0.3) is 11.3 Å². The molecule has 1 aliphatic heterocycles. The Kier molecular flexibility index (Phi) is 9.22. The van der Waals surface area contributed by atoms with E-state index in [9.17, 15) is 9.18 Å². The van der Waals surface area contributed by atoms with E-state index in [1.165, 1.54) is 7.11 Å². The zero-order valence-electron chi connectivity index (χ0n) is 20.9. The van der Waals surface area contributed by atoms with Crippen molar-refractivity contribution in [2.24, 2.45) is 17.1 Å². The largest absolute Gasteiger partial charge is 0.381 e. The molecule has 34 heavy (non-hydrogen) atoms. The maximum Gasteiger partial charge on any atom is 0.249 e. The number of amides is 1. The Morgan fingerprint density at radius 1 is 1.29 bits per heavy atom. The first-order chi connectivity index (χ1) is 16.2. The molecular weight excluding hydrogens is 435 g/mol. The second-order valence-electron chi connectivity index (χ2n) is 10.1. The van der Waals surface area contributed by atoms with Crippen molar-refractivity contribution in [3.63, 3.8) is 0 Å². The molecule has 1 aromatic heterocycles. The van der Waals surface area contributed by atoms with Gasteiger partial charge >= 0.3 is 0 Å². The monoisotopic (exact) mass is 474 g/mol. The van der Waals surface area contributed by atoms with E-state index in [4.69, 9.17) is 20.2 Å². The summed E-state index contributed by atoms with van der Waals surface area (Å²) in [5.41, 5.74) is 7.03. The quantitative estimate of drug-likeness (QED) is 0.566. The van der Waals surface area contributed by atoms with Gasteiger partial charge in [-0.1, -0.05) is 51.1 Å². The van der Waals surface area contributed by atoms with Crippen LogP contribution < -0.4 is 5.73 Å². The van der Waals surface area contributed by atoms with Crippen molar-refractivity contribution in [1.29, 1.82) is 0 Å². The van der Waals surface area contributed by atoms with Crippen LogP contribution in [0.2, 0.25) is 0 Å². The number of alkyl halides is 1. The molecule has 0 saturated carbocycles. The van der Waals surface area contributed by atoms with Crippen LogP contribution >= 0.6 is 0 Å². The number of nitrogens with zero attached hydrogens (tertiary/aromatic N) is 3. The van der Waals surface area contributed by atoms with Crippen LogP contribution in [0, 0.1) is 11.3 Å². The van der Waals surface area contributed by atoms with Gasteiger partial charge in [0.2, 0.25) is 5.91 Å². The second kappa shape index (κ2) is 11.9. The van der Waals surface area contributed by atoms with Gasteiger partial charge in [0, 0.05) is 45.2 Å². The number of nitrogens with two attached hydrogens (primary N) is 1. The van der Waals surface area contributed by atoms with Gasteiger partial charge in [0.1, 0.15) is 18.6 Å². The Labute approximate surface area is 202 Å². The number of aromatic nitrogens is 2. The van der Waals surface area contributed by atoms with E-state index >= 15 is 0 Å². The number of carbonyl (C=O) groups is 1. The molecule has 0 bridgehead atoms. The molecule has 2 atom stereocenters. The Morgan fingerprint density at radius 3 is 2.56 bits per heavy atom. The van der Waals surface area contributed by atoms with Crippen LogP contribution in [0.3, 0.4) is 0 Å². The SMILES string of the molecule is COCC(=O)N(CC(F)CN)C(c1nc(-c2ccccc2)cn1CC1CCOCC1)C(C)(C)C. The smallest absolute Gasteiger partial charge is 0.249 e. The third-order valence-electron chi connectivity index (χ3n) is 6.29. The number of benzene rings is 1. The molecule has 2 heterocycles. The normalized spacial score (nSPS) is 16.9. The summed E-state index contributed by atoms with van der Waals surface area (Å²) in [5.74, 6) is 0.930. The van der Waals surface area contributed by atoms with Gasteiger partial charge in [-0.2, -0.15) is 0 Å². The molecule has 188 valence electrons. The predicted octanol–water partition coefficient (Wildman–Crippen LogP) is 3.84. The molecule has 3 rings (SSSR count). The van der Waals surface area contributed by atoms with Gasteiger partial charge < -0.3 is 24.7 Å². The Balaban J connectivity index is 2.10. The van der Waals surface area contributed by atoms with E-state index in [1.807, 2.05) is 30.3 Å². The van der Waals surface area contributed by atoms with Gasteiger partial charge in [0.25, 0.3) is 0 Å². The number of rotatable bonds is 10. The highest BCUT2D eigenvalue weighted by Crippen LogP contribution is 2.39. The fourth-order valence-corrected chi connectivity index (χ4v) is 4.59. The minimum atomic E-state index is -1.34. The van der Waals surface area contributed by atoms with Crippen molar-refractivity contribution < 1.29 is 18.7 Å². The van der Waals surface area contributed by atoms with Gasteiger partial charge in [0.05, 0.1) is 18.3 Å². The number of hydrogen-bond donors (Lipinski definition) is 1. The van der Waals surface area contributed by atoms with E-state index in [0.717, 1.165) is 49.7 Å². The molecule has 0 radical (unpaired) electrons. The van der Waals surface area contributed by atoms with Crippen molar-refractivity contribution in [1.82, 2.24) is 14.5 Å². The number of carbonyl (C=O) groups excluding carboxylic acids is 1. The average molecular weight is 475 g/mol. The lowest BCUT2D eigenvalue weighted by molar-refractivity contribution is -0.141. The van der Waals surface area contributed by atoms with Gasteiger partial charge in [-0.3, -0.25) is 4.79 Å². The summed E-state index contributed by atoms with van der Waals surface area (Å²) < 4.78 is 27.4. The van der Waals surface area contributed by atoms with Crippen LogP contribution in [-0.2, 0) is 20.8 Å². The number of imidazole rings is 1. The first-order valence-corrected chi connectivity index (χ1v) is 12.1. The fourth-order valence-electron chi connectivity index (χ4n) is 4.59. The summed E-state index contributed by atoms with van der Waals surface area (Å²) in [5, 5.41) is 0. The summed E-state index contributed by atoms with van der Waals surface area (Å²) in [6, 6.07) is 9.53. The second-order valence-corrected chi connectivity index (χ2v) is 10.1. The standard InChI is InChI=1S/C26H39FN4O3/c1-26(2,3)24(31(16-21(27)14-28)23(32)18-33-4)25-29-22(20-8-6-5-7-9-20)17-30(25)15-19-10-12-34-13-11-19/h5-9,17,19,21,24H,10-16,18,28H2,1-4H3. The number of halogens is 1. The third-order valence-corrected chi connectivity index (χ3v) is 6.29. The zero-order chi connectivity index (χ0) is 24.7. The van der Waals surface area contributed by atoms with Crippen molar-refractivity contribution in [2.45, 2.75) is 52.4 Å². The molecule has 1 aromatic carbocycles. The lowest BCUT2D eigenvalue weighted by Crippen LogP contribution is -2.47. The van der Waals surface area contributed by atoms with E-state index in [2.05, 4.69) is 31.5 Å². The molecule has 7 nitrogen and oxygen atoms in total. The van der Waals surface area contributed by atoms with Crippen LogP contribution in [0.4, 0.5) is 4.39 Å². The van der Waals surface area contributed by atoms with Crippen molar-refractivity contribution >= 4 is 5.91 Å². The average Bonchev–Trinajstić information content (AvgIpc) is 3.22. The van der Waals surface area contributed by atoms with Crippen LogP contribution in [0.1, 0.15) is 45.5 Å². The predicted molar refractivity (Wildman–Crippen MR) is 131 cm³/mol. The summed E-state index contributed by atoms with van der Waals surface area (Å²) in [6.45, 7) is 8.04. The van der Waals surface area contributed by atoms with Gasteiger partial charge in [-0.05, 0) is 24.2 Å². The van der Waals surface area contributed by atoms with E-state index in [-0.39, 0.29) is 25.6 Å². The van der Waals surface area contributed by atoms with Crippen molar-refractivity contribution in [3.05, 3.63) is 42.4 Å². The molecular formula is C26H39FN4O3. The molecule has 1 aliphatic rings. The number of ether oxygens (including phenoxy) is 2. The molecule has 1 fully saturated rings. The van der Waals surface area contributed by atoms with Crippen molar-refractivity contribution in [3.8, 4) is 11.3 Å². The van der Waals surface area contributed by atoms with E-state index < -0.39 is 17.6 Å². The zero-order valence-corrected chi connectivity index (χ0v) is 20.9. The topological polar surface area (TPSA) is 82.6 Å². The lowest BCUT2D eigenvalue weighted by atomic mass is 9.84. The molecule has 2 N–H and O–H groups in total. The highest BCUT2D eigenvalue weighted by atomic mass is 19.1. The van der Waals surface area contributed by atoms with Gasteiger partial charge in [-0.15, -0.1) is 0 Å². The van der Waals surface area contributed by atoms with E-state index in [1.54, 1.807) is 4.90 Å². The maximum atomic E-state index is 14.6. The summed E-state index contributed by atoms with van der Waals surface area (Å²) in [6.07, 6.45) is 2.68. The van der Waals surface area contributed by atoms with Crippen LogP contribution in [0.5, 0.6) is 0 Å². The van der Waals surface area contributed by atoms with Gasteiger partial charge in [-0.25, -0.2) is 9.37 Å². The summed E-state index contributed by atoms with van der Waals surface area (Å²) >= 11 is 0. The summed E-state index contributed by atoms with van der Waals surface area (Å²) in [7, 11) is 1.47. The minimum Gasteiger partial charge on any atom is -0.381 e. The molecule has 2 aromatic rings. The molecule has 1 saturated heterocycles. The van der Waals surface area contributed by atoms with Crippen LogP contribution in [-0.4, -0.2) is 66.5 Å². The number of hydrogen-bond acceptors (Lipinski definition) is 5. The van der Waals surface area contributed by atoms with E-state index in [0.29, 0.717) is 5.92 Å². The highest BCUT2D eigenvalue weighted by molar-refractivity contribution is 5.78. The molecule has 0 aliphatic carbocycles.